The third-order valence-electron chi connectivity index (χ3n) is 1.81. The van der Waals surface area contributed by atoms with E-state index in [1.165, 1.54) is 12.8 Å². The molecule has 2 atom stereocenters. The molecule has 0 aliphatic heterocycles. The van der Waals surface area contributed by atoms with Gasteiger partial charge in [-0.15, -0.1) is 0 Å². The van der Waals surface area contributed by atoms with E-state index < -0.39 is 0 Å². The van der Waals surface area contributed by atoms with Gasteiger partial charge >= 0.3 is 0 Å². The third-order valence-corrected chi connectivity index (χ3v) is 1.81. The van der Waals surface area contributed by atoms with Crippen molar-refractivity contribution < 1.29 is 4.79 Å². The van der Waals surface area contributed by atoms with E-state index in [9.17, 15) is 4.79 Å². The first-order valence-corrected chi connectivity index (χ1v) is 3.33. The van der Waals surface area contributed by atoms with E-state index in [1.54, 1.807) is 0 Å². The summed E-state index contributed by atoms with van der Waals surface area (Å²) in [4.78, 5) is 10.1. The van der Waals surface area contributed by atoms with Gasteiger partial charge in [0.05, 0.1) is 0 Å². The van der Waals surface area contributed by atoms with Crippen molar-refractivity contribution in [2.75, 3.05) is 0 Å². The van der Waals surface area contributed by atoms with Crippen LogP contribution in [0.5, 0.6) is 0 Å². The Hall–Kier alpha value is -0.330. The van der Waals surface area contributed by atoms with Crippen molar-refractivity contribution in [3.8, 4) is 0 Å². The van der Waals surface area contributed by atoms with Crippen molar-refractivity contribution in [3.05, 3.63) is 0 Å². The minimum Gasteiger partial charge on any atom is -0.303 e. The smallest absolute Gasteiger partial charge is 0.123 e. The molecular formula is C7H12O. The van der Waals surface area contributed by atoms with Crippen LogP contribution in [0.25, 0.3) is 0 Å². The minimum absolute atomic E-state index is 0.440. The van der Waals surface area contributed by atoms with E-state index >= 15 is 0 Å². The van der Waals surface area contributed by atoms with Gasteiger partial charge in [0.15, 0.2) is 0 Å². The van der Waals surface area contributed by atoms with Gasteiger partial charge in [-0.2, -0.15) is 0 Å². The molecule has 0 bridgehead atoms. The predicted octanol–water partition coefficient (Wildman–Crippen LogP) is 1.62. The molecule has 0 aromatic heterocycles. The molecule has 0 saturated heterocycles. The Kier molecular flexibility index (Phi) is 1.66. The quantitative estimate of drug-likeness (QED) is 0.507. The summed E-state index contributed by atoms with van der Waals surface area (Å²) in [5.41, 5.74) is 0. The first kappa shape index (κ1) is 5.80. The van der Waals surface area contributed by atoms with Crippen molar-refractivity contribution in [1.29, 1.82) is 0 Å². The van der Waals surface area contributed by atoms with Gasteiger partial charge in [-0.3, -0.25) is 0 Å². The van der Waals surface area contributed by atoms with Gasteiger partial charge in [-0.05, 0) is 12.3 Å². The van der Waals surface area contributed by atoms with Crippen LogP contribution in [-0.2, 0) is 4.79 Å². The lowest BCUT2D eigenvalue weighted by Crippen LogP contribution is -1.81. The summed E-state index contributed by atoms with van der Waals surface area (Å²) in [5, 5.41) is 0. The second kappa shape index (κ2) is 2.29. The summed E-state index contributed by atoms with van der Waals surface area (Å²) >= 11 is 0. The lowest BCUT2D eigenvalue weighted by molar-refractivity contribution is -0.109. The molecule has 1 aliphatic carbocycles. The molecule has 0 amide bonds. The SMILES string of the molecule is CCC[C@@H]1C[C@H]1C=O. The Balaban J connectivity index is 2.07. The number of rotatable bonds is 3. The maximum absolute atomic E-state index is 10.1. The highest BCUT2D eigenvalue weighted by Crippen LogP contribution is 2.39. The number of aldehydes is 1. The molecule has 0 aromatic carbocycles. The minimum atomic E-state index is 0.440. The highest BCUT2D eigenvalue weighted by molar-refractivity contribution is 5.58. The molecule has 0 radical (unpaired) electrons. The number of hydrogen-bond acceptors (Lipinski definition) is 1. The topological polar surface area (TPSA) is 17.1 Å². The van der Waals surface area contributed by atoms with Crippen molar-refractivity contribution in [1.82, 2.24) is 0 Å². The second-order valence-electron chi connectivity index (χ2n) is 2.58. The van der Waals surface area contributed by atoms with Crippen molar-refractivity contribution >= 4 is 6.29 Å². The standard InChI is InChI=1S/C7H12O/c1-2-3-6-4-7(6)5-8/h5-7H,2-4H2,1H3/t6-,7+/m1/s1. The van der Waals surface area contributed by atoms with Crippen LogP contribution < -0.4 is 0 Å². The molecule has 1 nitrogen and oxygen atoms in total. The average molecular weight is 112 g/mol. The van der Waals surface area contributed by atoms with E-state index in [-0.39, 0.29) is 0 Å². The van der Waals surface area contributed by atoms with Crippen molar-refractivity contribution in [2.24, 2.45) is 11.8 Å². The van der Waals surface area contributed by atoms with Gasteiger partial charge in [0.1, 0.15) is 6.29 Å². The van der Waals surface area contributed by atoms with Gasteiger partial charge in [-0.1, -0.05) is 19.8 Å². The molecule has 1 aliphatic rings. The van der Waals surface area contributed by atoms with Crippen LogP contribution in [-0.4, -0.2) is 6.29 Å². The lowest BCUT2D eigenvalue weighted by Gasteiger charge is -1.86. The summed E-state index contributed by atoms with van der Waals surface area (Å²) in [5.74, 6) is 1.20. The Morgan fingerprint density at radius 2 is 2.50 bits per heavy atom. The number of carbonyl (C=O) groups excluding carboxylic acids is 1. The van der Waals surface area contributed by atoms with Gasteiger partial charge in [0.25, 0.3) is 0 Å². The maximum atomic E-state index is 10.1. The lowest BCUT2D eigenvalue weighted by atomic mass is 10.2. The van der Waals surface area contributed by atoms with E-state index in [1.807, 2.05) is 0 Å². The summed E-state index contributed by atoms with van der Waals surface area (Å²) in [7, 11) is 0. The first-order chi connectivity index (χ1) is 3.88. The van der Waals surface area contributed by atoms with Crippen molar-refractivity contribution in [2.45, 2.75) is 26.2 Å². The summed E-state index contributed by atoms with van der Waals surface area (Å²) < 4.78 is 0. The largest absolute Gasteiger partial charge is 0.303 e. The van der Waals surface area contributed by atoms with Crippen LogP contribution in [0.4, 0.5) is 0 Å². The normalized spacial score (nSPS) is 34.6. The molecule has 1 saturated carbocycles. The van der Waals surface area contributed by atoms with Crippen molar-refractivity contribution in [3.63, 3.8) is 0 Å². The summed E-state index contributed by atoms with van der Waals surface area (Å²) in [6.45, 7) is 2.17. The fraction of sp³-hybridized carbons (Fsp3) is 0.857. The zero-order valence-corrected chi connectivity index (χ0v) is 5.26. The monoisotopic (exact) mass is 112 g/mol. The first-order valence-electron chi connectivity index (χ1n) is 3.33. The highest BCUT2D eigenvalue weighted by atomic mass is 16.1. The second-order valence-corrected chi connectivity index (χ2v) is 2.58. The summed E-state index contributed by atoms with van der Waals surface area (Å²) in [6, 6.07) is 0. The maximum Gasteiger partial charge on any atom is 0.123 e. The number of hydrogen-bond donors (Lipinski definition) is 0. The summed E-state index contributed by atoms with van der Waals surface area (Å²) in [6.07, 6.45) is 4.75. The number of carbonyl (C=O) groups is 1. The van der Waals surface area contributed by atoms with Crippen LogP contribution in [0.3, 0.4) is 0 Å². The van der Waals surface area contributed by atoms with E-state index in [4.69, 9.17) is 0 Å². The molecular weight excluding hydrogens is 100 g/mol. The molecule has 0 N–H and O–H groups in total. The molecule has 1 rings (SSSR count). The van der Waals surface area contributed by atoms with Crippen LogP contribution in [0.2, 0.25) is 0 Å². The molecule has 1 fully saturated rings. The fourth-order valence-corrected chi connectivity index (χ4v) is 1.14. The van der Waals surface area contributed by atoms with Gasteiger partial charge in [-0.25, -0.2) is 0 Å². The Morgan fingerprint density at radius 1 is 1.75 bits per heavy atom. The molecule has 1 heteroatoms. The highest BCUT2D eigenvalue weighted by Gasteiger charge is 2.35. The fourth-order valence-electron chi connectivity index (χ4n) is 1.14. The molecule has 0 aromatic rings. The van der Waals surface area contributed by atoms with Gasteiger partial charge < -0.3 is 4.79 Å². The Labute approximate surface area is 50.1 Å². The zero-order valence-electron chi connectivity index (χ0n) is 5.26. The molecule has 0 spiro atoms. The Morgan fingerprint density at radius 3 is 2.88 bits per heavy atom. The molecule has 8 heavy (non-hydrogen) atoms. The molecule has 46 valence electrons. The third kappa shape index (κ3) is 1.09. The van der Waals surface area contributed by atoms with Gasteiger partial charge in [0.2, 0.25) is 0 Å². The van der Waals surface area contributed by atoms with Crippen LogP contribution in [0, 0.1) is 11.8 Å². The Bertz CT molecular complexity index is 88.4. The van der Waals surface area contributed by atoms with Crippen LogP contribution in [0.15, 0.2) is 0 Å². The van der Waals surface area contributed by atoms with E-state index in [0.717, 1.165) is 18.6 Å². The van der Waals surface area contributed by atoms with E-state index in [0.29, 0.717) is 5.92 Å². The molecule has 0 unspecified atom stereocenters. The zero-order chi connectivity index (χ0) is 5.98. The predicted molar refractivity (Wildman–Crippen MR) is 32.6 cm³/mol. The average Bonchev–Trinajstić information content (AvgIpc) is 2.48. The van der Waals surface area contributed by atoms with Gasteiger partial charge in [0, 0.05) is 5.92 Å². The van der Waals surface area contributed by atoms with Crippen LogP contribution in [0.1, 0.15) is 26.2 Å². The molecule has 0 heterocycles. The van der Waals surface area contributed by atoms with E-state index in [2.05, 4.69) is 6.92 Å². The van der Waals surface area contributed by atoms with Crippen LogP contribution >= 0.6 is 0 Å².